The van der Waals surface area contributed by atoms with E-state index in [9.17, 15) is 9.59 Å². The molecule has 1 saturated heterocycles. The highest BCUT2D eigenvalue weighted by atomic mass is 35.5. The van der Waals surface area contributed by atoms with Crippen LogP contribution < -0.4 is 15.0 Å². The topological polar surface area (TPSA) is 108 Å². The fourth-order valence-electron chi connectivity index (χ4n) is 5.46. The lowest BCUT2D eigenvalue weighted by molar-refractivity contribution is -0.111. The van der Waals surface area contributed by atoms with E-state index in [0.29, 0.717) is 27.8 Å². The van der Waals surface area contributed by atoms with Crippen LogP contribution in [0.15, 0.2) is 30.6 Å². The summed E-state index contributed by atoms with van der Waals surface area (Å²) in [7, 11) is 1.55. The van der Waals surface area contributed by atoms with Crippen molar-refractivity contribution >= 4 is 29.7 Å². The fourth-order valence-corrected chi connectivity index (χ4v) is 5.67. The Balaban J connectivity index is 0.000000275. The number of hydrogen-bond acceptors (Lipinski definition) is 7. The van der Waals surface area contributed by atoms with Gasteiger partial charge in [-0.3, -0.25) is 4.79 Å². The van der Waals surface area contributed by atoms with E-state index in [-0.39, 0.29) is 28.7 Å². The third-order valence-electron chi connectivity index (χ3n) is 6.96. The van der Waals surface area contributed by atoms with Crippen molar-refractivity contribution in [2.45, 2.75) is 53.0 Å². The summed E-state index contributed by atoms with van der Waals surface area (Å²) in [6.07, 6.45) is 7.00. The van der Waals surface area contributed by atoms with Crippen molar-refractivity contribution in [1.82, 2.24) is 15.3 Å². The van der Waals surface area contributed by atoms with Crippen molar-refractivity contribution in [3.05, 3.63) is 46.7 Å². The van der Waals surface area contributed by atoms with E-state index in [1.165, 1.54) is 0 Å². The summed E-state index contributed by atoms with van der Waals surface area (Å²) in [5, 5.41) is 12.1. The first kappa shape index (κ1) is 27.4. The third-order valence-corrected chi connectivity index (χ3v) is 7.27. The van der Waals surface area contributed by atoms with Gasteiger partial charge in [-0.2, -0.15) is 5.26 Å². The van der Waals surface area contributed by atoms with E-state index in [1.54, 1.807) is 37.7 Å². The molecule has 1 saturated carbocycles. The number of carbonyl (C=O) groups is 2. The van der Waals surface area contributed by atoms with E-state index in [4.69, 9.17) is 21.6 Å². The molecule has 2 heterocycles. The SMILES string of the molecule is CC1(C)CC(C)(C)C1NC(=O)c1cnc(N2CCC(C=O)CC2)nc1.COc1ccc(C#N)c(Cl)c1. The van der Waals surface area contributed by atoms with Crippen LogP contribution in [0.25, 0.3) is 0 Å². The maximum Gasteiger partial charge on any atom is 0.254 e. The molecule has 2 aromatic rings. The maximum atomic E-state index is 12.5. The zero-order valence-corrected chi connectivity index (χ0v) is 22.3. The van der Waals surface area contributed by atoms with E-state index >= 15 is 0 Å². The van der Waals surface area contributed by atoms with Gasteiger partial charge in [-0.15, -0.1) is 0 Å². The lowest BCUT2D eigenvalue weighted by atomic mass is 9.52. The number of anilines is 1. The molecule has 1 aliphatic heterocycles. The molecule has 4 rings (SSSR count). The molecule has 9 heteroatoms. The minimum atomic E-state index is -0.114. The Kier molecular flexibility index (Phi) is 8.57. The Hall–Kier alpha value is -3.18. The van der Waals surface area contributed by atoms with Gasteiger partial charge in [0.1, 0.15) is 18.1 Å². The first-order valence-electron chi connectivity index (χ1n) is 12.1. The van der Waals surface area contributed by atoms with Gasteiger partial charge >= 0.3 is 0 Å². The summed E-state index contributed by atoms with van der Waals surface area (Å²) in [5.41, 5.74) is 1.18. The number of amides is 1. The number of nitrogens with one attached hydrogen (secondary N) is 1. The number of carbonyl (C=O) groups excluding carboxylic acids is 2. The number of halogens is 1. The lowest BCUT2D eigenvalue weighted by Crippen LogP contribution is -2.63. The van der Waals surface area contributed by atoms with Crippen molar-refractivity contribution in [2.75, 3.05) is 25.1 Å². The molecule has 1 aromatic carbocycles. The second kappa shape index (κ2) is 11.3. The molecule has 2 aliphatic rings. The molecule has 1 aliphatic carbocycles. The predicted octanol–water partition coefficient (Wildman–Crippen LogP) is 4.67. The van der Waals surface area contributed by atoms with E-state index in [2.05, 4.69) is 47.9 Å². The molecule has 8 nitrogen and oxygen atoms in total. The second-order valence-electron chi connectivity index (χ2n) is 10.8. The van der Waals surface area contributed by atoms with Crippen LogP contribution in [0.3, 0.4) is 0 Å². The number of aromatic nitrogens is 2. The van der Waals surface area contributed by atoms with Gasteiger partial charge in [0.25, 0.3) is 5.91 Å². The molecule has 0 bridgehead atoms. The van der Waals surface area contributed by atoms with Crippen molar-refractivity contribution in [3.8, 4) is 11.8 Å². The number of piperidine rings is 1. The standard InChI is InChI=1S/C19H28N4O2.C8H6ClNO/c1-18(2)12-19(3,4)16(18)22-15(25)14-9-20-17(21-10-14)23-7-5-13(11-24)6-8-23;1-11-7-3-2-6(5-10)8(9)4-7/h9-11,13,16H,5-8,12H2,1-4H3,(H,22,25);2-4H,1H3. The van der Waals surface area contributed by atoms with Crippen LogP contribution in [0.2, 0.25) is 5.02 Å². The minimum absolute atomic E-state index is 0.114. The minimum Gasteiger partial charge on any atom is -0.497 e. The van der Waals surface area contributed by atoms with Gasteiger partial charge in [0.2, 0.25) is 5.95 Å². The highest BCUT2D eigenvalue weighted by Crippen LogP contribution is 2.53. The number of aldehydes is 1. The highest BCUT2D eigenvalue weighted by molar-refractivity contribution is 6.31. The normalized spacial score (nSPS) is 18.6. The molecule has 2 fully saturated rings. The monoisotopic (exact) mass is 511 g/mol. The third kappa shape index (κ3) is 6.33. The van der Waals surface area contributed by atoms with Gasteiger partial charge in [0.15, 0.2) is 0 Å². The van der Waals surface area contributed by atoms with Gasteiger partial charge in [-0.1, -0.05) is 39.3 Å². The Morgan fingerprint density at radius 1 is 1.19 bits per heavy atom. The van der Waals surface area contributed by atoms with Crippen LogP contribution in [0.4, 0.5) is 5.95 Å². The number of ether oxygens (including phenoxy) is 1. The summed E-state index contributed by atoms with van der Waals surface area (Å²) in [5.74, 6) is 1.33. The van der Waals surface area contributed by atoms with Gasteiger partial charge in [-0.05, 0) is 42.2 Å². The molecule has 192 valence electrons. The second-order valence-corrected chi connectivity index (χ2v) is 11.2. The van der Waals surface area contributed by atoms with Crippen LogP contribution in [0.5, 0.6) is 5.75 Å². The number of hydrogen-bond donors (Lipinski definition) is 1. The molecule has 0 radical (unpaired) electrons. The van der Waals surface area contributed by atoms with Crippen LogP contribution in [0.1, 0.15) is 62.9 Å². The van der Waals surface area contributed by atoms with Crippen molar-refractivity contribution in [2.24, 2.45) is 16.7 Å². The lowest BCUT2D eigenvalue weighted by Gasteiger charge is -2.57. The predicted molar refractivity (Wildman–Crippen MR) is 139 cm³/mol. The average molecular weight is 512 g/mol. The smallest absolute Gasteiger partial charge is 0.254 e. The molecule has 0 atom stereocenters. The van der Waals surface area contributed by atoms with Gasteiger partial charge in [0, 0.05) is 43.5 Å². The quantitative estimate of drug-likeness (QED) is 0.581. The first-order valence-corrected chi connectivity index (χ1v) is 12.5. The summed E-state index contributed by atoms with van der Waals surface area (Å²) in [6, 6.07) is 7.04. The van der Waals surface area contributed by atoms with Gasteiger partial charge in [-0.25, -0.2) is 9.97 Å². The molecule has 36 heavy (non-hydrogen) atoms. The molecule has 1 amide bonds. The zero-order valence-electron chi connectivity index (χ0n) is 21.5. The van der Waals surface area contributed by atoms with E-state index < -0.39 is 0 Å². The highest BCUT2D eigenvalue weighted by Gasteiger charge is 2.53. The van der Waals surface area contributed by atoms with Crippen molar-refractivity contribution < 1.29 is 14.3 Å². The fraction of sp³-hybridized carbons (Fsp3) is 0.519. The summed E-state index contributed by atoms with van der Waals surface area (Å²) >= 11 is 5.71. The van der Waals surface area contributed by atoms with Gasteiger partial charge in [0.05, 0.1) is 23.3 Å². The molecule has 1 aromatic heterocycles. The van der Waals surface area contributed by atoms with Crippen LogP contribution in [0, 0.1) is 28.1 Å². The summed E-state index contributed by atoms with van der Waals surface area (Å²) in [6.45, 7) is 10.3. The van der Waals surface area contributed by atoms with E-state index in [0.717, 1.165) is 38.6 Å². The van der Waals surface area contributed by atoms with Crippen LogP contribution >= 0.6 is 11.6 Å². The Labute approximate surface area is 218 Å². The van der Waals surface area contributed by atoms with E-state index in [1.807, 2.05) is 6.07 Å². The molecular formula is C27H34ClN5O3. The number of benzene rings is 1. The Morgan fingerprint density at radius 3 is 2.28 bits per heavy atom. The summed E-state index contributed by atoms with van der Waals surface area (Å²) in [4.78, 5) is 34.2. The first-order chi connectivity index (χ1) is 17.0. The van der Waals surface area contributed by atoms with Gasteiger partial charge < -0.3 is 19.7 Å². The van der Waals surface area contributed by atoms with Crippen molar-refractivity contribution in [1.29, 1.82) is 5.26 Å². The summed E-state index contributed by atoms with van der Waals surface area (Å²) < 4.78 is 4.90. The molecule has 0 unspecified atom stereocenters. The number of nitrogens with zero attached hydrogens (tertiary/aromatic N) is 4. The largest absolute Gasteiger partial charge is 0.497 e. The number of nitriles is 1. The molecule has 1 N–H and O–H groups in total. The molecular weight excluding hydrogens is 478 g/mol. The molecule has 0 spiro atoms. The average Bonchev–Trinajstić information content (AvgIpc) is 2.87. The Bertz CT molecular complexity index is 1110. The van der Waals surface area contributed by atoms with Crippen LogP contribution in [-0.4, -0.2) is 48.4 Å². The van der Waals surface area contributed by atoms with Crippen molar-refractivity contribution in [3.63, 3.8) is 0 Å². The number of methoxy groups -OCH3 is 1. The Morgan fingerprint density at radius 2 is 1.81 bits per heavy atom. The number of rotatable bonds is 5. The maximum absolute atomic E-state index is 12.5. The van der Waals surface area contributed by atoms with Crippen LogP contribution in [-0.2, 0) is 4.79 Å². The zero-order chi connectivity index (χ0) is 26.5.